The largest absolute Gasteiger partial charge is 0.493 e. The number of carbonyl (C=O) groups excluding carboxylic acids is 1. The number of amides is 1. The Morgan fingerprint density at radius 1 is 1.06 bits per heavy atom. The Morgan fingerprint density at radius 3 is 2.44 bits per heavy atom. The van der Waals surface area contributed by atoms with Crippen LogP contribution in [0.5, 0.6) is 11.5 Å². The van der Waals surface area contributed by atoms with Gasteiger partial charge in [-0.05, 0) is 47.9 Å². The first-order valence-corrected chi connectivity index (χ1v) is 10.6. The lowest BCUT2D eigenvalue weighted by Crippen LogP contribution is -2.14. The molecule has 0 aromatic heterocycles. The number of benzene rings is 3. The number of anilines is 1. The van der Waals surface area contributed by atoms with Gasteiger partial charge in [-0.25, -0.2) is 4.79 Å². The van der Waals surface area contributed by atoms with Crippen LogP contribution in [0.4, 0.5) is 5.69 Å². The van der Waals surface area contributed by atoms with Gasteiger partial charge in [-0.15, -0.1) is 0 Å². The van der Waals surface area contributed by atoms with Crippen molar-refractivity contribution in [3.8, 4) is 17.6 Å². The van der Waals surface area contributed by atoms with E-state index in [0.717, 1.165) is 17.5 Å². The van der Waals surface area contributed by atoms with Crippen molar-refractivity contribution in [3.63, 3.8) is 0 Å². The zero-order valence-electron chi connectivity index (χ0n) is 18.9. The molecule has 0 radical (unpaired) electrons. The average molecular weight is 456 g/mol. The number of para-hydroxylation sites is 2. The quantitative estimate of drug-likeness (QED) is 0.343. The molecule has 0 aliphatic rings. The van der Waals surface area contributed by atoms with Crippen LogP contribution in [0.1, 0.15) is 34.0 Å². The smallest absolute Gasteiger partial charge is 0.335 e. The van der Waals surface area contributed by atoms with E-state index in [4.69, 9.17) is 14.6 Å². The van der Waals surface area contributed by atoms with Crippen molar-refractivity contribution in [2.24, 2.45) is 0 Å². The monoisotopic (exact) mass is 456 g/mol. The molecule has 0 unspecified atom stereocenters. The number of aryl methyl sites for hydroxylation is 1. The van der Waals surface area contributed by atoms with Crippen molar-refractivity contribution in [1.29, 1.82) is 5.26 Å². The van der Waals surface area contributed by atoms with Gasteiger partial charge in [0.15, 0.2) is 11.5 Å². The first-order valence-electron chi connectivity index (χ1n) is 10.6. The first kappa shape index (κ1) is 24.1. The molecular weight excluding hydrogens is 432 g/mol. The predicted molar refractivity (Wildman–Crippen MR) is 129 cm³/mol. The fraction of sp³-hybridized carbons (Fsp3) is 0.148. The van der Waals surface area contributed by atoms with E-state index in [2.05, 4.69) is 5.32 Å². The highest BCUT2D eigenvalue weighted by atomic mass is 16.5. The van der Waals surface area contributed by atoms with E-state index in [1.54, 1.807) is 36.4 Å². The van der Waals surface area contributed by atoms with E-state index in [1.807, 2.05) is 31.2 Å². The predicted octanol–water partition coefficient (Wildman–Crippen LogP) is 5.08. The molecule has 7 nitrogen and oxygen atoms in total. The molecule has 0 spiro atoms. The van der Waals surface area contributed by atoms with E-state index in [9.17, 15) is 14.9 Å². The second-order valence-electron chi connectivity index (χ2n) is 7.30. The van der Waals surface area contributed by atoms with Crippen molar-refractivity contribution in [3.05, 3.63) is 94.6 Å². The van der Waals surface area contributed by atoms with Crippen molar-refractivity contribution >= 4 is 23.6 Å². The molecule has 3 aromatic carbocycles. The lowest BCUT2D eigenvalue weighted by atomic mass is 10.1. The third-order valence-corrected chi connectivity index (χ3v) is 5.12. The number of hydrogen-bond donors (Lipinski definition) is 2. The van der Waals surface area contributed by atoms with Gasteiger partial charge in [0, 0.05) is 11.3 Å². The average Bonchev–Trinajstić information content (AvgIpc) is 2.86. The second-order valence-corrected chi connectivity index (χ2v) is 7.30. The van der Waals surface area contributed by atoms with Gasteiger partial charge in [0.25, 0.3) is 5.91 Å². The lowest BCUT2D eigenvalue weighted by Gasteiger charge is -2.14. The number of aromatic carboxylic acids is 1. The standard InChI is InChI=1S/C27H24N2O5/c1-3-19-7-4-5-9-23(19)29-26(30)22(16-28)15-21-8-6-10-24(33-2)25(21)34-17-18-11-13-20(14-12-18)27(31)32/h4-15H,3,17H2,1-2H3,(H,29,30)(H,31,32)/b22-15-. The van der Waals surface area contributed by atoms with Gasteiger partial charge >= 0.3 is 5.97 Å². The highest BCUT2D eigenvalue weighted by molar-refractivity contribution is 6.10. The Kier molecular flexibility index (Phi) is 8.03. The summed E-state index contributed by atoms with van der Waals surface area (Å²) < 4.78 is 11.4. The fourth-order valence-corrected chi connectivity index (χ4v) is 3.31. The van der Waals surface area contributed by atoms with Gasteiger partial charge in [0.05, 0.1) is 12.7 Å². The summed E-state index contributed by atoms with van der Waals surface area (Å²) in [6.45, 7) is 2.13. The van der Waals surface area contributed by atoms with Crippen molar-refractivity contribution in [2.75, 3.05) is 12.4 Å². The maximum Gasteiger partial charge on any atom is 0.335 e. The van der Waals surface area contributed by atoms with Crippen LogP contribution in [0.3, 0.4) is 0 Å². The molecule has 0 saturated carbocycles. The number of carbonyl (C=O) groups is 2. The van der Waals surface area contributed by atoms with E-state index in [1.165, 1.54) is 25.3 Å². The van der Waals surface area contributed by atoms with Crippen LogP contribution in [0.15, 0.2) is 72.3 Å². The van der Waals surface area contributed by atoms with Crippen LogP contribution in [0.2, 0.25) is 0 Å². The summed E-state index contributed by atoms with van der Waals surface area (Å²) in [6, 6.07) is 20.9. The summed E-state index contributed by atoms with van der Waals surface area (Å²) in [4.78, 5) is 23.9. The molecule has 0 aliphatic carbocycles. The number of carboxylic acid groups (broad SMARTS) is 1. The Balaban J connectivity index is 1.87. The Bertz CT molecular complexity index is 1260. The summed E-state index contributed by atoms with van der Waals surface area (Å²) in [5, 5.41) is 21.5. The number of carboxylic acids is 1. The SMILES string of the molecule is CCc1ccccc1NC(=O)/C(C#N)=C\c1cccc(OC)c1OCc1ccc(C(=O)O)cc1. The first-order chi connectivity index (χ1) is 16.5. The highest BCUT2D eigenvalue weighted by Gasteiger charge is 2.15. The van der Waals surface area contributed by atoms with Crippen LogP contribution in [-0.4, -0.2) is 24.1 Å². The topological polar surface area (TPSA) is 109 Å². The van der Waals surface area contributed by atoms with Crippen LogP contribution in [0, 0.1) is 11.3 Å². The van der Waals surface area contributed by atoms with Gasteiger partial charge < -0.3 is 19.9 Å². The van der Waals surface area contributed by atoms with Crippen LogP contribution >= 0.6 is 0 Å². The molecule has 172 valence electrons. The van der Waals surface area contributed by atoms with Gasteiger partial charge in [-0.3, -0.25) is 4.79 Å². The maximum absolute atomic E-state index is 12.8. The third-order valence-electron chi connectivity index (χ3n) is 5.12. The van der Waals surface area contributed by atoms with Crippen LogP contribution < -0.4 is 14.8 Å². The zero-order valence-corrected chi connectivity index (χ0v) is 18.9. The Labute approximate surface area is 197 Å². The molecule has 2 N–H and O–H groups in total. The lowest BCUT2D eigenvalue weighted by molar-refractivity contribution is -0.112. The minimum atomic E-state index is -1.01. The molecular formula is C27H24N2O5. The van der Waals surface area contributed by atoms with E-state index in [0.29, 0.717) is 22.7 Å². The molecule has 0 saturated heterocycles. The minimum Gasteiger partial charge on any atom is -0.493 e. The Hall–Kier alpha value is -4.57. The summed E-state index contributed by atoms with van der Waals surface area (Å²) in [7, 11) is 1.50. The molecule has 0 atom stereocenters. The zero-order chi connectivity index (χ0) is 24.5. The molecule has 1 amide bonds. The van der Waals surface area contributed by atoms with Gasteiger partial charge in [0.1, 0.15) is 18.2 Å². The van der Waals surface area contributed by atoms with Crippen molar-refractivity contribution in [1.82, 2.24) is 0 Å². The number of nitriles is 1. The molecule has 0 fully saturated rings. The van der Waals surface area contributed by atoms with E-state index >= 15 is 0 Å². The minimum absolute atomic E-state index is 0.0881. The number of ether oxygens (including phenoxy) is 2. The van der Waals surface area contributed by atoms with Gasteiger partial charge in [0.2, 0.25) is 0 Å². The number of nitrogens with one attached hydrogen (secondary N) is 1. The molecule has 0 aliphatic heterocycles. The van der Waals surface area contributed by atoms with E-state index in [-0.39, 0.29) is 17.7 Å². The second kappa shape index (κ2) is 11.3. The molecule has 3 aromatic rings. The Morgan fingerprint density at radius 2 is 1.79 bits per heavy atom. The van der Waals surface area contributed by atoms with Crippen molar-refractivity contribution in [2.45, 2.75) is 20.0 Å². The third kappa shape index (κ3) is 5.81. The number of rotatable bonds is 9. The summed E-state index contributed by atoms with van der Waals surface area (Å²) in [6.07, 6.45) is 2.19. The normalized spacial score (nSPS) is 10.8. The van der Waals surface area contributed by atoms with Crippen LogP contribution in [-0.2, 0) is 17.8 Å². The number of hydrogen-bond acceptors (Lipinski definition) is 5. The summed E-state index contributed by atoms with van der Waals surface area (Å²) in [5.41, 5.74) is 2.96. The van der Waals surface area contributed by atoms with E-state index < -0.39 is 11.9 Å². The summed E-state index contributed by atoms with van der Waals surface area (Å²) >= 11 is 0. The highest BCUT2D eigenvalue weighted by Crippen LogP contribution is 2.33. The molecule has 7 heteroatoms. The number of nitrogens with zero attached hydrogens (tertiary/aromatic N) is 1. The maximum atomic E-state index is 12.8. The van der Waals surface area contributed by atoms with Crippen LogP contribution in [0.25, 0.3) is 6.08 Å². The summed E-state index contributed by atoms with van der Waals surface area (Å²) in [5.74, 6) is -0.735. The van der Waals surface area contributed by atoms with Gasteiger partial charge in [-0.1, -0.05) is 49.4 Å². The molecule has 0 bridgehead atoms. The fourth-order valence-electron chi connectivity index (χ4n) is 3.31. The molecule has 34 heavy (non-hydrogen) atoms. The van der Waals surface area contributed by atoms with Gasteiger partial charge in [-0.2, -0.15) is 5.26 Å². The molecule has 0 heterocycles. The van der Waals surface area contributed by atoms with Crippen molar-refractivity contribution < 1.29 is 24.2 Å². The molecule has 3 rings (SSSR count). The number of methoxy groups -OCH3 is 1.